The summed E-state index contributed by atoms with van der Waals surface area (Å²) >= 11 is 0. The third-order valence-electron chi connectivity index (χ3n) is 5.24. The molecule has 0 spiro atoms. The number of para-hydroxylation sites is 1. The number of anilines is 2. The zero-order valence-electron chi connectivity index (χ0n) is 20.9. The fraction of sp³-hybridized carbons (Fsp3) is 0.259. The third kappa shape index (κ3) is 7.29. The van der Waals surface area contributed by atoms with Crippen LogP contribution in [0.15, 0.2) is 77.7 Å². The molecule has 0 fully saturated rings. The SMILES string of the molecule is CCOc1ccc(S(=O)(=O)N(CC(=O)Nc2ccccc2C(=O)NCC(C)C)c2ccc(F)cc2)cc1. The molecule has 0 heterocycles. The van der Waals surface area contributed by atoms with E-state index in [4.69, 9.17) is 4.74 Å². The Labute approximate surface area is 216 Å². The highest BCUT2D eigenvalue weighted by Gasteiger charge is 2.28. The summed E-state index contributed by atoms with van der Waals surface area (Å²) in [5.74, 6) is -0.847. The van der Waals surface area contributed by atoms with Crippen molar-refractivity contribution in [2.75, 3.05) is 29.3 Å². The number of hydrogen-bond donors (Lipinski definition) is 2. The Kier molecular flexibility index (Phi) is 9.24. The van der Waals surface area contributed by atoms with Crippen LogP contribution in [0.2, 0.25) is 0 Å². The molecular weight excluding hydrogens is 497 g/mol. The van der Waals surface area contributed by atoms with Crippen molar-refractivity contribution in [1.29, 1.82) is 0 Å². The minimum atomic E-state index is -4.22. The molecule has 0 bridgehead atoms. The van der Waals surface area contributed by atoms with Gasteiger partial charge in [0, 0.05) is 6.54 Å². The van der Waals surface area contributed by atoms with Crippen LogP contribution in [0.1, 0.15) is 31.1 Å². The summed E-state index contributed by atoms with van der Waals surface area (Å²) in [6.45, 7) is 6.01. The number of hydrogen-bond acceptors (Lipinski definition) is 5. The van der Waals surface area contributed by atoms with Crippen molar-refractivity contribution in [3.63, 3.8) is 0 Å². The Morgan fingerprint density at radius 2 is 1.62 bits per heavy atom. The van der Waals surface area contributed by atoms with Crippen LogP contribution < -0.4 is 19.7 Å². The maximum atomic E-state index is 13.6. The van der Waals surface area contributed by atoms with Gasteiger partial charge >= 0.3 is 0 Å². The molecule has 0 unspecified atom stereocenters. The topological polar surface area (TPSA) is 105 Å². The average Bonchev–Trinajstić information content (AvgIpc) is 2.87. The van der Waals surface area contributed by atoms with Gasteiger partial charge in [-0.1, -0.05) is 26.0 Å². The first kappa shape index (κ1) is 27.7. The fourth-order valence-electron chi connectivity index (χ4n) is 3.43. The first-order chi connectivity index (χ1) is 17.6. The lowest BCUT2D eigenvalue weighted by Gasteiger charge is -2.24. The summed E-state index contributed by atoms with van der Waals surface area (Å²) in [6, 6.07) is 17.0. The average molecular weight is 528 g/mol. The van der Waals surface area contributed by atoms with Crippen LogP contribution in [-0.2, 0) is 14.8 Å². The van der Waals surface area contributed by atoms with Crippen LogP contribution in [0.3, 0.4) is 0 Å². The molecule has 37 heavy (non-hydrogen) atoms. The number of amides is 2. The molecular formula is C27H30FN3O5S. The van der Waals surface area contributed by atoms with Gasteiger partial charge in [-0.15, -0.1) is 0 Å². The molecule has 0 aliphatic carbocycles. The van der Waals surface area contributed by atoms with Gasteiger partial charge in [0.05, 0.1) is 28.4 Å². The molecule has 0 aliphatic rings. The Morgan fingerprint density at radius 1 is 0.973 bits per heavy atom. The number of benzene rings is 3. The second-order valence-corrected chi connectivity index (χ2v) is 10.5. The molecule has 8 nitrogen and oxygen atoms in total. The maximum absolute atomic E-state index is 13.6. The molecule has 2 amide bonds. The van der Waals surface area contributed by atoms with Gasteiger partial charge in [-0.25, -0.2) is 12.8 Å². The van der Waals surface area contributed by atoms with Crippen LogP contribution in [0, 0.1) is 11.7 Å². The van der Waals surface area contributed by atoms with Gasteiger partial charge in [0.15, 0.2) is 0 Å². The Hall–Kier alpha value is -3.92. The molecule has 2 N–H and O–H groups in total. The van der Waals surface area contributed by atoms with E-state index in [9.17, 15) is 22.4 Å². The molecule has 0 saturated heterocycles. The maximum Gasteiger partial charge on any atom is 0.264 e. The monoisotopic (exact) mass is 527 g/mol. The molecule has 0 aromatic heterocycles. The standard InChI is InChI=1S/C27H30FN3O5S/c1-4-36-22-13-15-23(16-14-22)37(34,35)31(21-11-9-20(28)10-12-21)18-26(32)30-25-8-6-5-7-24(25)27(33)29-17-19(2)3/h5-16,19H,4,17-18H2,1-3H3,(H,29,33)(H,30,32). The molecule has 0 atom stereocenters. The molecule has 196 valence electrons. The third-order valence-corrected chi connectivity index (χ3v) is 7.03. The highest BCUT2D eigenvalue weighted by molar-refractivity contribution is 7.92. The summed E-state index contributed by atoms with van der Waals surface area (Å²) < 4.78 is 46.9. The number of sulfonamides is 1. The Balaban J connectivity index is 1.89. The normalized spacial score (nSPS) is 11.2. The van der Waals surface area contributed by atoms with E-state index >= 15 is 0 Å². The number of ether oxygens (including phenoxy) is 1. The summed E-state index contributed by atoms with van der Waals surface area (Å²) in [4.78, 5) is 25.6. The van der Waals surface area contributed by atoms with Crippen molar-refractivity contribution < 1.29 is 27.1 Å². The van der Waals surface area contributed by atoms with Gasteiger partial charge in [-0.05, 0) is 73.5 Å². The zero-order valence-corrected chi connectivity index (χ0v) is 21.7. The second kappa shape index (κ2) is 12.4. The van der Waals surface area contributed by atoms with Crippen LogP contribution in [0.4, 0.5) is 15.8 Å². The number of rotatable bonds is 11. The lowest BCUT2D eigenvalue weighted by molar-refractivity contribution is -0.114. The van der Waals surface area contributed by atoms with Gasteiger partial charge in [-0.2, -0.15) is 0 Å². The lowest BCUT2D eigenvalue weighted by atomic mass is 10.1. The van der Waals surface area contributed by atoms with E-state index in [0.717, 1.165) is 16.4 Å². The summed E-state index contributed by atoms with van der Waals surface area (Å²) in [5.41, 5.74) is 0.596. The van der Waals surface area contributed by atoms with E-state index in [0.29, 0.717) is 18.9 Å². The van der Waals surface area contributed by atoms with E-state index < -0.39 is 28.3 Å². The first-order valence-corrected chi connectivity index (χ1v) is 13.2. The van der Waals surface area contributed by atoms with Crippen molar-refractivity contribution in [2.24, 2.45) is 5.92 Å². The molecule has 10 heteroatoms. The Morgan fingerprint density at radius 3 is 2.24 bits per heavy atom. The summed E-state index contributed by atoms with van der Waals surface area (Å²) in [6.07, 6.45) is 0. The second-order valence-electron chi connectivity index (χ2n) is 8.59. The molecule has 3 aromatic carbocycles. The van der Waals surface area contributed by atoms with Gasteiger partial charge in [0.25, 0.3) is 15.9 Å². The van der Waals surface area contributed by atoms with Crippen molar-refractivity contribution in [2.45, 2.75) is 25.7 Å². The zero-order chi connectivity index (χ0) is 27.0. The van der Waals surface area contributed by atoms with Crippen molar-refractivity contribution in [3.8, 4) is 5.75 Å². The largest absolute Gasteiger partial charge is 0.494 e. The van der Waals surface area contributed by atoms with Gasteiger partial charge < -0.3 is 15.4 Å². The molecule has 3 rings (SSSR count). The van der Waals surface area contributed by atoms with E-state index in [1.54, 1.807) is 24.3 Å². The summed E-state index contributed by atoms with van der Waals surface area (Å²) in [7, 11) is -4.22. The number of carbonyl (C=O) groups excluding carboxylic acids is 2. The van der Waals surface area contributed by atoms with Crippen molar-refractivity contribution >= 4 is 33.2 Å². The molecule has 0 aliphatic heterocycles. The number of carbonyl (C=O) groups is 2. The Bertz CT molecular complexity index is 1330. The van der Waals surface area contributed by atoms with Crippen LogP contribution >= 0.6 is 0 Å². The lowest BCUT2D eigenvalue weighted by Crippen LogP contribution is -2.38. The number of nitrogens with zero attached hydrogens (tertiary/aromatic N) is 1. The van der Waals surface area contributed by atoms with Gasteiger partial charge in [-0.3, -0.25) is 13.9 Å². The fourth-order valence-corrected chi connectivity index (χ4v) is 4.85. The minimum Gasteiger partial charge on any atom is -0.494 e. The first-order valence-electron chi connectivity index (χ1n) is 11.8. The van der Waals surface area contributed by atoms with Crippen LogP contribution in [0.25, 0.3) is 0 Å². The predicted molar refractivity (Wildman–Crippen MR) is 141 cm³/mol. The van der Waals surface area contributed by atoms with E-state index in [1.165, 1.54) is 36.4 Å². The number of halogens is 1. The molecule has 0 radical (unpaired) electrons. The van der Waals surface area contributed by atoms with Crippen LogP contribution in [-0.4, -0.2) is 39.9 Å². The summed E-state index contributed by atoms with van der Waals surface area (Å²) in [5, 5.41) is 5.44. The highest BCUT2D eigenvalue weighted by atomic mass is 32.2. The van der Waals surface area contributed by atoms with Gasteiger partial charge in [0.2, 0.25) is 5.91 Å². The van der Waals surface area contributed by atoms with Gasteiger partial charge in [0.1, 0.15) is 18.1 Å². The van der Waals surface area contributed by atoms with Crippen molar-refractivity contribution in [1.82, 2.24) is 5.32 Å². The van der Waals surface area contributed by atoms with E-state index in [2.05, 4.69) is 10.6 Å². The smallest absolute Gasteiger partial charge is 0.264 e. The van der Waals surface area contributed by atoms with Crippen LogP contribution in [0.5, 0.6) is 5.75 Å². The number of nitrogens with one attached hydrogen (secondary N) is 2. The highest BCUT2D eigenvalue weighted by Crippen LogP contribution is 2.26. The molecule has 0 saturated carbocycles. The predicted octanol–water partition coefficient (Wildman–Crippen LogP) is 4.44. The quantitative estimate of drug-likeness (QED) is 0.384. The molecule has 3 aromatic rings. The van der Waals surface area contributed by atoms with E-state index in [-0.39, 0.29) is 33.7 Å². The van der Waals surface area contributed by atoms with E-state index in [1.807, 2.05) is 20.8 Å². The van der Waals surface area contributed by atoms with Crippen molar-refractivity contribution in [3.05, 3.63) is 84.2 Å². The minimum absolute atomic E-state index is 0.0680.